The Balaban J connectivity index is 2.71. The number of pyridine rings is 2. The van der Waals surface area contributed by atoms with Crippen LogP contribution in [0, 0.1) is 0 Å². The molecule has 10 heteroatoms. The van der Waals surface area contributed by atoms with E-state index in [4.69, 9.17) is 22.4 Å². The van der Waals surface area contributed by atoms with Gasteiger partial charge in [0.25, 0.3) is 0 Å². The molecule has 2 aromatic heterocycles. The van der Waals surface area contributed by atoms with Gasteiger partial charge in [0.1, 0.15) is 16.8 Å². The van der Waals surface area contributed by atoms with Crippen molar-refractivity contribution in [2.45, 2.75) is 5.03 Å². The maximum atomic E-state index is 11.6. The fraction of sp³-hybridized carbons (Fsp3) is 0. The Labute approximate surface area is 123 Å². The lowest BCUT2D eigenvalue weighted by Crippen LogP contribution is -2.26. The van der Waals surface area contributed by atoms with E-state index in [2.05, 4.69) is 20.6 Å². The standard InChI is InChI=1S/C11H14N8OS/c12-8-2-1-6(5-17-8)7-3-4-16-11(21(15)20)9(7)10(13)18-19-14/h1-5,19H,14-15H2,(H2,12,17)(H2,13,18). The summed E-state index contributed by atoms with van der Waals surface area (Å²) in [5, 5.41) is 9.22. The first kappa shape index (κ1) is 14.8. The number of anilines is 1. The number of nitrogens with one attached hydrogen (secondary N) is 1. The number of nitrogens with two attached hydrogens (primary N) is 4. The molecule has 1 unspecified atom stereocenters. The topological polar surface area (TPSA) is 171 Å². The van der Waals surface area contributed by atoms with Crippen molar-refractivity contribution >= 4 is 22.6 Å². The van der Waals surface area contributed by atoms with Crippen LogP contribution >= 0.6 is 0 Å². The second kappa shape index (κ2) is 6.26. The van der Waals surface area contributed by atoms with Gasteiger partial charge in [0, 0.05) is 18.0 Å². The molecule has 0 aliphatic rings. The minimum absolute atomic E-state index is 0.00576. The van der Waals surface area contributed by atoms with E-state index in [0.717, 1.165) is 0 Å². The first-order chi connectivity index (χ1) is 10.0. The molecular formula is C11H14N8OS. The number of hydrazone groups is 1. The van der Waals surface area contributed by atoms with E-state index in [1.807, 2.05) is 0 Å². The summed E-state index contributed by atoms with van der Waals surface area (Å²) in [5.74, 6) is 5.51. The minimum atomic E-state index is -1.84. The predicted octanol–water partition coefficient (Wildman–Crippen LogP) is -1.21. The van der Waals surface area contributed by atoms with Crippen molar-refractivity contribution in [2.24, 2.45) is 21.8 Å². The zero-order valence-electron chi connectivity index (χ0n) is 10.9. The fourth-order valence-corrected chi connectivity index (χ4v) is 2.35. The van der Waals surface area contributed by atoms with Crippen molar-refractivity contribution < 1.29 is 4.21 Å². The quantitative estimate of drug-likeness (QED) is 0.204. The smallest absolute Gasteiger partial charge is 0.155 e. The van der Waals surface area contributed by atoms with Gasteiger partial charge in [-0.2, -0.15) is 0 Å². The summed E-state index contributed by atoms with van der Waals surface area (Å²) in [6.07, 6.45) is 3.03. The predicted molar refractivity (Wildman–Crippen MR) is 80.5 cm³/mol. The van der Waals surface area contributed by atoms with E-state index in [1.54, 1.807) is 24.4 Å². The highest BCUT2D eigenvalue weighted by molar-refractivity contribution is 7.82. The SMILES string of the molecule is NN/N=C(\N)c1c(-c2ccc(N)nc2)ccnc1S(N)=O. The minimum Gasteiger partial charge on any atom is -0.384 e. The van der Waals surface area contributed by atoms with Crippen molar-refractivity contribution in [2.75, 3.05) is 5.73 Å². The Kier molecular flexibility index (Phi) is 4.42. The average molecular weight is 306 g/mol. The highest BCUT2D eigenvalue weighted by Gasteiger charge is 2.18. The van der Waals surface area contributed by atoms with E-state index < -0.39 is 11.0 Å². The molecule has 2 aromatic rings. The van der Waals surface area contributed by atoms with E-state index >= 15 is 0 Å². The molecule has 0 amide bonds. The molecule has 0 aliphatic heterocycles. The molecule has 1 atom stereocenters. The third kappa shape index (κ3) is 3.13. The van der Waals surface area contributed by atoms with E-state index in [-0.39, 0.29) is 10.9 Å². The van der Waals surface area contributed by atoms with Crippen LogP contribution in [0.1, 0.15) is 5.56 Å². The summed E-state index contributed by atoms with van der Waals surface area (Å²) >= 11 is 0. The average Bonchev–Trinajstić information content (AvgIpc) is 2.47. The number of amidine groups is 1. The molecule has 0 spiro atoms. The van der Waals surface area contributed by atoms with Crippen LogP contribution in [-0.4, -0.2) is 20.0 Å². The molecule has 0 bridgehead atoms. The molecule has 0 aliphatic carbocycles. The largest absolute Gasteiger partial charge is 0.384 e. The zero-order chi connectivity index (χ0) is 15.4. The molecule has 2 heterocycles. The molecule has 21 heavy (non-hydrogen) atoms. The monoisotopic (exact) mass is 306 g/mol. The molecular weight excluding hydrogens is 292 g/mol. The number of hydrogen-bond acceptors (Lipinski definition) is 7. The molecule has 0 saturated carbocycles. The number of nitrogens with zero attached hydrogens (tertiary/aromatic N) is 3. The third-order valence-electron chi connectivity index (χ3n) is 2.65. The van der Waals surface area contributed by atoms with E-state index in [1.165, 1.54) is 6.20 Å². The van der Waals surface area contributed by atoms with Gasteiger partial charge in [-0.3, -0.25) is 0 Å². The van der Waals surface area contributed by atoms with E-state index in [9.17, 15) is 4.21 Å². The van der Waals surface area contributed by atoms with Crippen LogP contribution in [0.15, 0.2) is 40.7 Å². The fourth-order valence-electron chi connectivity index (χ4n) is 1.77. The van der Waals surface area contributed by atoms with Gasteiger partial charge in [-0.05, 0) is 23.8 Å². The van der Waals surface area contributed by atoms with Crippen LogP contribution < -0.4 is 28.0 Å². The Morgan fingerprint density at radius 3 is 2.62 bits per heavy atom. The van der Waals surface area contributed by atoms with Crippen LogP contribution in [0.5, 0.6) is 0 Å². The van der Waals surface area contributed by atoms with Crippen molar-refractivity contribution in [3.63, 3.8) is 0 Å². The molecule has 0 aromatic carbocycles. The third-order valence-corrected chi connectivity index (χ3v) is 3.34. The molecule has 110 valence electrons. The number of hydrazine groups is 1. The van der Waals surface area contributed by atoms with Crippen LogP contribution in [-0.2, 0) is 11.0 Å². The molecule has 2 rings (SSSR count). The Morgan fingerprint density at radius 2 is 2.05 bits per heavy atom. The molecule has 9 N–H and O–H groups in total. The summed E-state index contributed by atoms with van der Waals surface area (Å²) in [6.45, 7) is 0. The van der Waals surface area contributed by atoms with Crippen LogP contribution in [0.25, 0.3) is 11.1 Å². The Bertz CT molecular complexity index is 700. The molecule has 0 fully saturated rings. The van der Waals surface area contributed by atoms with Crippen LogP contribution in [0.2, 0.25) is 0 Å². The van der Waals surface area contributed by atoms with Gasteiger partial charge < -0.3 is 11.5 Å². The summed E-state index contributed by atoms with van der Waals surface area (Å²) < 4.78 is 11.6. The van der Waals surface area contributed by atoms with Gasteiger partial charge in [-0.1, -0.05) is 0 Å². The number of hydrogen-bond donors (Lipinski definition) is 5. The van der Waals surface area contributed by atoms with Crippen LogP contribution in [0.4, 0.5) is 5.82 Å². The highest BCUT2D eigenvalue weighted by Crippen LogP contribution is 2.26. The summed E-state index contributed by atoms with van der Waals surface area (Å²) in [6, 6.07) is 5.05. The lowest BCUT2D eigenvalue weighted by molar-refractivity contribution is 0.681. The number of nitrogen functional groups attached to an aromatic ring is 1. The Hall–Kier alpha value is -2.56. The van der Waals surface area contributed by atoms with Crippen molar-refractivity contribution in [3.05, 3.63) is 36.2 Å². The zero-order valence-corrected chi connectivity index (χ0v) is 11.7. The first-order valence-electron chi connectivity index (χ1n) is 5.70. The summed E-state index contributed by atoms with van der Waals surface area (Å²) in [4.78, 5) is 7.99. The van der Waals surface area contributed by atoms with Gasteiger partial charge in [0.15, 0.2) is 10.9 Å². The highest BCUT2D eigenvalue weighted by atomic mass is 32.2. The maximum Gasteiger partial charge on any atom is 0.155 e. The van der Waals surface area contributed by atoms with Crippen molar-refractivity contribution in [1.82, 2.24) is 15.5 Å². The second-order valence-electron chi connectivity index (χ2n) is 3.93. The van der Waals surface area contributed by atoms with Gasteiger partial charge in [-0.25, -0.2) is 30.7 Å². The van der Waals surface area contributed by atoms with Crippen molar-refractivity contribution in [1.29, 1.82) is 0 Å². The molecule has 0 radical (unpaired) electrons. The number of rotatable bonds is 4. The Morgan fingerprint density at radius 1 is 1.29 bits per heavy atom. The molecule has 9 nitrogen and oxygen atoms in total. The summed E-state index contributed by atoms with van der Waals surface area (Å²) in [7, 11) is -1.84. The lowest BCUT2D eigenvalue weighted by atomic mass is 10.0. The van der Waals surface area contributed by atoms with Gasteiger partial charge in [0.2, 0.25) is 0 Å². The first-order valence-corrected chi connectivity index (χ1v) is 6.92. The molecule has 0 saturated heterocycles. The van der Waals surface area contributed by atoms with E-state index in [0.29, 0.717) is 22.5 Å². The lowest BCUT2D eigenvalue weighted by Gasteiger charge is -2.12. The number of aromatic nitrogens is 2. The second-order valence-corrected chi connectivity index (χ2v) is 4.92. The van der Waals surface area contributed by atoms with Crippen molar-refractivity contribution in [3.8, 4) is 11.1 Å². The van der Waals surface area contributed by atoms with Gasteiger partial charge in [-0.15, -0.1) is 5.10 Å². The van der Waals surface area contributed by atoms with Crippen LogP contribution in [0.3, 0.4) is 0 Å². The van der Waals surface area contributed by atoms with Gasteiger partial charge in [0.05, 0.1) is 5.56 Å². The maximum absolute atomic E-state index is 11.6. The summed E-state index contributed by atoms with van der Waals surface area (Å²) in [5.41, 5.74) is 15.1. The normalized spacial score (nSPS) is 13.0. The van der Waals surface area contributed by atoms with Gasteiger partial charge >= 0.3 is 0 Å².